The average Bonchev–Trinajstić information content (AvgIpc) is 2.90. The second-order valence-electron chi connectivity index (χ2n) is 6.92. The summed E-state index contributed by atoms with van der Waals surface area (Å²) in [7, 11) is 0. The second-order valence-corrected chi connectivity index (χ2v) is 7.36. The first-order chi connectivity index (χ1) is 13.3. The molecule has 0 aliphatic rings. The van der Waals surface area contributed by atoms with Crippen molar-refractivity contribution in [3.05, 3.63) is 75.9 Å². The van der Waals surface area contributed by atoms with E-state index in [0.29, 0.717) is 10.8 Å². The zero-order chi connectivity index (χ0) is 20.0. The highest BCUT2D eigenvalue weighted by Crippen LogP contribution is 2.34. The summed E-state index contributed by atoms with van der Waals surface area (Å²) in [5.41, 5.74) is 5.73. The summed E-state index contributed by atoms with van der Waals surface area (Å²) in [5, 5.41) is 5.03. The van der Waals surface area contributed by atoms with E-state index in [1.54, 1.807) is 12.1 Å². The maximum atomic E-state index is 13.4. The molecule has 1 N–H and O–H groups in total. The number of benzene rings is 2. The molecule has 0 aliphatic heterocycles. The van der Waals surface area contributed by atoms with Crippen LogP contribution in [0.5, 0.6) is 0 Å². The van der Waals surface area contributed by atoms with Gasteiger partial charge in [-0.3, -0.25) is 4.57 Å². The standard InChI is InChI=1S/C22H20ClFN4/c1-12-5-6-16(23)11-19(12)27-21-20-13(2)14(3)28(22(20)26-15(4)25-21)18-9-7-17(24)8-10-18/h5-11H,1-4H3,(H,25,26,27). The number of nitrogens with one attached hydrogen (secondary N) is 1. The van der Waals surface area contributed by atoms with Crippen molar-refractivity contribution in [3.8, 4) is 5.69 Å². The fraction of sp³-hybridized carbons (Fsp3) is 0.182. The van der Waals surface area contributed by atoms with Crippen LogP contribution in [0.25, 0.3) is 16.7 Å². The lowest BCUT2D eigenvalue weighted by Gasteiger charge is -2.12. The van der Waals surface area contributed by atoms with E-state index in [0.717, 1.165) is 45.0 Å². The maximum Gasteiger partial charge on any atom is 0.150 e. The Morgan fingerprint density at radius 2 is 1.68 bits per heavy atom. The van der Waals surface area contributed by atoms with Gasteiger partial charge in [0.05, 0.1) is 5.39 Å². The summed E-state index contributed by atoms with van der Waals surface area (Å²) >= 11 is 6.18. The SMILES string of the molecule is Cc1nc(Nc2cc(Cl)ccc2C)c2c(C)c(C)n(-c3ccc(F)cc3)c2n1. The molecule has 6 heteroatoms. The number of hydrogen-bond acceptors (Lipinski definition) is 3. The topological polar surface area (TPSA) is 42.7 Å². The van der Waals surface area contributed by atoms with Crippen molar-refractivity contribution in [2.45, 2.75) is 27.7 Å². The predicted molar refractivity (Wildman–Crippen MR) is 113 cm³/mol. The highest BCUT2D eigenvalue weighted by Gasteiger charge is 2.19. The van der Waals surface area contributed by atoms with Crippen molar-refractivity contribution < 1.29 is 4.39 Å². The van der Waals surface area contributed by atoms with Gasteiger partial charge in [0, 0.05) is 22.1 Å². The van der Waals surface area contributed by atoms with Crippen molar-refractivity contribution in [3.63, 3.8) is 0 Å². The summed E-state index contributed by atoms with van der Waals surface area (Å²) in [6.45, 7) is 7.96. The van der Waals surface area contributed by atoms with Crippen LogP contribution < -0.4 is 5.32 Å². The van der Waals surface area contributed by atoms with Gasteiger partial charge in [-0.15, -0.1) is 0 Å². The van der Waals surface area contributed by atoms with Gasteiger partial charge in [0.15, 0.2) is 5.65 Å². The third-order valence-corrected chi connectivity index (χ3v) is 5.24. The zero-order valence-corrected chi connectivity index (χ0v) is 16.9. The molecule has 0 amide bonds. The first-order valence-corrected chi connectivity index (χ1v) is 9.38. The number of aryl methyl sites for hydroxylation is 3. The molecule has 0 unspecified atom stereocenters. The van der Waals surface area contributed by atoms with Crippen molar-refractivity contribution in [1.82, 2.24) is 14.5 Å². The number of anilines is 2. The van der Waals surface area contributed by atoms with E-state index >= 15 is 0 Å². The molecule has 0 saturated carbocycles. The lowest BCUT2D eigenvalue weighted by Crippen LogP contribution is -2.02. The molecule has 0 bridgehead atoms. The minimum Gasteiger partial charge on any atom is -0.339 e. The summed E-state index contributed by atoms with van der Waals surface area (Å²) in [5.74, 6) is 1.11. The van der Waals surface area contributed by atoms with Gasteiger partial charge in [0.25, 0.3) is 0 Å². The summed E-state index contributed by atoms with van der Waals surface area (Å²) in [6, 6.07) is 12.1. The number of halogens is 2. The Bertz CT molecular complexity index is 1200. The van der Waals surface area contributed by atoms with E-state index in [-0.39, 0.29) is 5.82 Å². The normalized spacial score (nSPS) is 11.2. The first-order valence-electron chi connectivity index (χ1n) is 9.00. The van der Waals surface area contributed by atoms with E-state index in [9.17, 15) is 4.39 Å². The highest BCUT2D eigenvalue weighted by molar-refractivity contribution is 6.30. The number of aromatic nitrogens is 3. The Kier molecular flexibility index (Phi) is 4.55. The van der Waals surface area contributed by atoms with Crippen molar-refractivity contribution in [2.24, 2.45) is 0 Å². The molecule has 0 fully saturated rings. The van der Waals surface area contributed by atoms with Gasteiger partial charge < -0.3 is 5.32 Å². The number of rotatable bonds is 3. The molecule has 2 aromatic heterocycles. The van der Waals surface area contributed by atoms with E-state index < -0.39 is 0 Å². The third-order valence-electron chi connectivity index (χ3n) is 5.00. The molecule has 2 aromatic carbocycles. The van der Waals surface area contributed by atoms with Gasteiger partial charge in [0.2, 0.25) is 0 Å². The molecule has 4 nitrogen and oxygen atoms in total. The Labute approximate surface area is 168 Å². The molecule has 4 rings (SSSR count). The van der Waals surface area contributed by atoms with E-state index in [1.807, 2.05) is 50.5 Å². The Morgan fingerprint density at radius 1 is 0.964 bits per heavy atom. The lowest BCUT2D eigenvalue weighted by molar-refractivity contribution is 0.627. The van der Waals surface area contributed by atoms with E-state index in [1.165, 1.54) is 12.1 Å². The molecular formula is C22H20ClFN4. The Hall–Kier alpha value is -2.92. The number of hydrogen-bond donors (Lipinski definition) is 1. The lowest BCUT2D eigenvalue weighted by atomic mass is 10.1. The van der Waals surface area contributed by atoms with E-state index in [2.05, 4.69) is 10.3 Å². The van der Waals surface area contributed by atoms with Crippen LogP contribution in [0.15, 0.2) is 42.5 Å². The molecule has 142 valence electrons. The monoisotopic (exact) mass is 394 g/mol. The van der Waals surface area contributed by atoms with Gasteiger partial charge in [-0.1, -0.05) is 17.7 Å². The van der Waals surface area contributed by atoms with Gasteiger partial charge in [-0.2, -0.15) is 0 Å². The van der Waals surface area contributed by atoms with Crippen LogP contribution in [0, 0.1) is 33.5 Å². The molecule has 0 radical (unpaired) electrons. The number of nitrogens with zero attached hydrogens (tertiary/aromatic N) is 3. The van der Waals surface area contributed by atoms with Crippen LogP contribution in [0.1, 0.15) is 22.6 Å². The van der Waals surface area contributed by atoms with Gasteiger partial charge >= 0.3 is 0 Å². The summed E-state index contributed by atoms with van der Waals surface area (Å²) < 4.78 is 15.4. The first kappa shape index (κ1) is 18.4. The molecule has 0 atom stereocenters. The molecule has 0 spiro atoms. The second kappa shape index (κ2) is 6.91. The molecule has 0 aliphatic carbocycles. The zero-order valence-electron chi connectivity index (χ0n) is 16.1. The quantitative estimate of drug-likeness (QED) is 0.450. The van der Waals surface area contributed by atoms with Gasteiger partial charge in [0.1, 0.15) is 17.5 Å². The van der Waals surface area contributed by atoms with Gasteiger partial charge in [-0.05, 0) is 75.2 Å². The largest absolute Gasteiger partial charge is 0.339 e. The van der Waals surface area contributed by atoms with Crippen LogP contribution in [0.3, 0.4) is 0 Å². The van der Waals surface area contributed by atoms with Crippen LogP contribution in [-0.4, -0.2) is 14.5 Å². The fourth-order valence-electron chi connectivity index (χ4n) is 3.43. The van der Waals surface area contributed by atoms with Crippen LogP contribution in [-0.2, 0) is 0 Å². The predicted octanol–water partition coefficient (Wildman–Crippen LogP) is 6.19. The summed E-state index contributed by atoms with van der Waals surface area (Å²) in [4.78, 5) is 9.34. The minimum atomic E-state index is -0.265. The van der Waals surface area contributed by atoms with Crippen molar-refractivity contribution >= 4 is 34.1 Å². The molecule has 2 heterocycles. The van der Waals surface area contributed by atoms with E-state index in [4.69, 9.17) is 16.6 Å². The smallest absolute Gasteiger partial charge is 0.150 e. The highest BCUT2D eigenvalue weighted by atomic mass is 35.5. The maximum absolute atomic E-state index is 13.4. The van der Waals surface area contributed by atoms with Gasteiger partial charge in [-0.25, -0.2) is 14.4 Å². The van der Waals surface area contributed by atoms with Crippen LogP contribution in [0.2, 0.25) is 5.02 Å². The Balaban J connectivity index is 1.95. The Morgan fingerprint density at radius 3 is 2.39 bits per heavy atom. The minimum absolute atomic E-state index is 0.265. The number of fused-ring (bicyclic) bond motifs is 1. The van der Waals surface area contributed by atoms with Crippen LogP contribution in [0.4, 0.5) is 15.9 Å². The molecule has 0 saturated heterocycles. The average molecular weight is 395 g/mol. The molecule has 28 heavy (non-hydrogen) atoms. The fourth-order valence-corrected chi connectivity index (χ4v) is 3.60. The third kappa shape index (κ3) is 3.12. The van der Waals surface area contributed by atoms with Crippen molar-refractivity contribution in [1.29, 1.82) is 0 Å². The molecular weight excluding hydrogens is 375 g/mol. The molecule has 4 aromatic rings. The summed E-state index contributed by atoms with van der Waals surface area (Å²) in [6.07, 6.45) is 0. The van der Waals surface area contributed by atoms with Crippen molar-refractivity contribution in [2.75, 3.05) is 5.32 Å². The van der Waals surface area contributed by atoms with Crippen LogP contribution >= 0.6 is 11.6 Å².